The molecule has 0 saturated carbocycles. The molecule has 1 fully saturated rings. The number of nitrogens with two attached hydrogens (primary N) is 1. The lowest BCUT2D eigenvalue weighted by Gasteiger charge is -2.11. The number of hydrogen-bond donors (Lipinski definition) is 1. The normalized spacial score (nSPS) is 19.9. The van der Waals surface area contributed by atoms with E-state index in [0.717, 1.165) is 28.7 Å². The van der Waals surface area contributed by atoms with Crippen LogP contribution in [-0.2, 0) is 4.74 Å². The molecule has 1 atom stereocenters. The maximum Gasteiger partial charge on any atom is 0.134 e. The lowest BCUT2D eigenvalue weighted by Crippen LogP contribution is -2.07. The van der Waals surface area contributed by atoms with Crippen molar-refractivity contribution in [1.29, 1.82) is 0 Å². The molecule has 2 rings (SSSR count). The van der Waals surface area contributed by atoms with Crippen LogP contribution < -0.4 is 10.5 Å². The van der Waals surface area contributed by atoms with Crippen molar-refractivity contribution in [3.05, 3.63) is 18.2 Å². The number of rotatable bonds is 4. The smallest absolute Gasteiger partial charge is 0.134 e. The summed E-state index contributed by atoms with van der Waals surface area (Å²) in [6.45, 7) is 0.907. The lowest BCUT2D eigenvalue weighted by molar-refractivity contribution is 0.129. The summed E-state index contributed by atoms with van der Waals surface area (Å²) in [6, 6.07) is 5.77. The van der Waals surface area contributed by atoms with E-state index in [4.69, 9.17) is 15.2 Å². The molecule has 1 unspecified atom stereocenters. The van der Waals surface area contributed by atoms with Gasteiger partial charge in [-0.2, -0.15) is 0 Å². The molecule has 2 N–H and O–H groups in total. The highest BCUT2D eigenvalue weighted by atomic mass is 32.2. The predicted octanol–water partition coefficient (Wildman–Crippen LogP) is 2.55. The van der Waals surface area contributed by atoms with Gasteiger partial charge in [-0.25, -0.2) is 0 Å². The van der Waals surface area contributed by atoms with Crippen LogP contribution in [0.15, 0.2) is 23.1 Å². The first-order valence-corrected chi connectivity index (χ1v) is 6.46. The summed E-state index contributed by atoms with van der Waals surface area (Å²) < 4.78 is 10.9. The van der Waals surface area contributed by atoms with Gasteiger partial charge in [0.05, 0.1) is 13.2 Å². The van der Waals surface area contributed by atoms with Gasteiger partial charge in [-0.3, -0.25) is 0 Å². The van der Waals surface area contributed by atoms with Gasteiger partial charge in [-0.1, -0.05) is 0 Å². The van der Waals surface area contributed by atoms with Gasteiger partial charge in [-0.05, 0) is 25.0 Å². The molecule has 88 valence electrons. The van der Waals surface area contributed by atoms with Crippen molar-refractivity contribution in [3.8, 4) is 5.75 Å². The van der Waals surface area contributed by atoms with Gasteiger partial charge < -0.3 is 15.2 Å². The zero-order valence-electron chi connectivity index (χ0n) is 9.44. The van der Waals surface area contributed by atoms with E-state index in [1.165, 1.54) is 12.8 Å². The quantitative estimate of drug-likeness (QED) is 0.648. The number of benzene rings is 1. The maximum atomic E-state index is 5.71. The summed E-state index contributed by atoms with van der Waals surface area (Å²) in [5.74, 6) is 1.84. The second kappa shape index (κ2) is 5.46. The summed E-state index contributed by atoms with van der Waals surface area (Å²) in [7, 11) is 1.67. The predicted molar refractivity (Wildman–Crippen MR) is 67.1 cm³/mol. The summed E-state index contributed by atoms with van der Waals surface area (Å²) >= 11 is 1.77. The first-order valence-electron chi connectivity index (χ1n) is 5.47. The van der Waals surface area contributed by atoms with Gasteiger partial charge in [0, 0.05) is 29.0 Å². The molecule has 1 aliphatic rings. The van der Waals surface area contributed by atoms with Crippen LogP contribution in [0.5, 0.6) is 5.75 Å². The summed E-state index contributed by atoms with van der Waals surface area (Å²) in [5, 5.41) is 0. The Morgan fingerprint density at radius 2 is 2.44 bits per heavy atom. The van der Waals surface area contributed by atoms with Gasteiger partial charge in [-0.15, -0.1) is 11.8 Å². The maximum absolute atomic E-state index is 5.71. The Hall–Kier alpha value is -0.870. The van der Waals surface area contributed by atoms with Crippen LogP contribution in [0.3, 0.4) is 0 Å². The van der Waals surface area contributed by atoms with Crippen molar-refractivity contribution in [3.63, 3.8) is 0 Å². The minimum atomic E-state index is 0.396. The van der Waals surface area contributed by atoms with Gasteiger partial charge in [0.25, 0.3) is 0 Å². The van der Waals surface area contributed by atoms with Gasteiger partial charge >= 0.3 is 0 Å². The molecule has 0 bridgehead atoms. The number of anilines is 1. The monoisotopic (exact) mass is 239 g/mol. The SMILES string of the molecule is COc1cc(N)ccc1SCC1CCCO1. The number of methoxy groups -OCH3 is 1. The average Bonchev–Trinajstić information content (AvgIpc) is 2.80. The molecule has 0 aromatic heterocycles. The summed E-state index contributed by atoms with van der Waals surface area (Å²) in [4.78, 5) is 1.13. The Morgan fingerprint density at radius 1 is 1.56 bits per heavy atom. The highest BCUT2D eigenvalue weighted by Crippen LogP contribution is 2.32. The second-order valence-corrected chi connectivity index (χ2v) is 4.92. The Labute approximate surface area is 100 Å². The number of hydrogen-bond acceptors (Lipinski definition) is 4. The Morgan fingerprint density at radius 3 is 3.12 bits per heavy atom. The van der Waals surface area contributed by atoms with Crippen molar-refractivity contribution < 1.29 is 9.47 Å². The van der Waals surface area contributed by atoms with Crippen LogP contribution in [-0.4, -0.2) is 25.6 Å². The highest BCUT2D eigenvalue weighted by Gasteiger charge is 2.16. The molecule has 1 aromatic carbocycles. The Bertz CT molecular complexity index is 351. The minimum Gasteiger partial charge on any atom is -0.496 e. The van der Waals surface area contributed by atoms with Crippen molar-refractivity contribution >= 4 is 17.4 Å². The lowest BCUT2D eigenvalue weighted by atomic mass is 10.3. The van der Waals surface area contributed by atoms with E-state index in [2.05, 4.69) is 0 Å². The van der Waals surface area contributed by atoms with E-state index in [1.807, 2.05) is 18.2 Å². The van der Waals surface area contributed by atoms with Gasteiger partial charge in [0.2, 0.25) is 0 Å². The van der Waals surface area contributed by atoms with Crippen LogP contribution in [0.1, 0.15) is 12.8 Å². The van der Waals surface area contributed by atoms with E-state index in [1.54, 1.807) is 18.9 Å². The van der Waals surface area contributed by atoms with Crippen LogP contribution in [0.2, 0.25) is 0 Å². The fourth-order valence-corrected chi connectivity index (χ4v) is 2.84. The van der Waals surface area contributed by atoms with Gasteiger partial charge in [0.15, 0.2) is 0 Å². The first-order chi connectivity index (χ1) is 7.79. The van der Waals surface area contributed by atoms with Crippen molar-refractivity contribution in [2.75, 3.05) is 25.2 Å². The number of ether oxygens (including phenoxy) is 2. The highest BCUT2D eigenvalue weighted by molar-refractivity contribution is 7.99. The topological polar surface area (TPSA) is 44.5 Å². The van der Waals surface area contributed by atoms with E-state index in [0.29, 0.717) is 6.10 Å². The largest absolute Gasteiger partial charge is 0.496 e. The zero-order valence-corrected chi connectivity index (χ0v) is 10.3. The van der Waals surface area contributed by atoms with Crippen LogP contribution >= 0.6 is 11.8 Å². The van der Waals surface area contributed by atoms with E-state index >= 15 is 0 Å². The number of nitrogen functional groups attached to an aromatic ring is 1. The fourth-order valence-electron chi connectivity index (χ4n) is 1.76. The van der Waals surface area contributed by atoms with E-state index in [-0.39, 0.29) is 0 Å². The molecule has 0 spiro atoms. The van der Waals surface area contributed by atoms with Crippen molar-refractivity contribution in [2.24, 2.45) is 0 Å². The number of thioether (sulfide) groups is 1. The third-order valence-electron chi connectivity index (χ3n) is 2.64. The zero-order chi connectivity index (χ0) is 11.4. The van der Waals surface area contributed by atoms with Crippen LogP contribution in [0.25, 0.3) is 0 Å². The molecular formula is C12H17NO2S. The molecule has 1 heterocycles. The third kappa shape index (κ3) is 2.83. The fraction of sp³-hybridized carbons (Fsp3) is 0.500. The van der Waals surface area contributed by atoms with Crippen molar-refractivity contribution in [1.82, 2.24) is 0 Å². The molecule has 1 saturated heterocycles. The molecule has 3 nitrogen and oxygen atoms in total. The first kappa shape index (κ1) is 11.6. The molecule has 4 heteroatoms. The molecular weight excluding hydrogens is 222 g/mol. The van der Waals surface area contributed by atoms with Crippen LogP contribution in [0.4, 0.5) is 5.69 Å². The molecule has 16 heavy (non-hydrogen) atoms. The Balaban J connectivity index is 1.97. The molecule has 0 amide bonds. The van der Waals surface area contributed by atoms with Gasteiger partial charge in [0.1, 0.15) is 5.75 Å². The van der Waals surface area contributed by atoms with Crippen molar-refractivity contribution in [2.45, 2.75) is 23.8 Å². The van der Waals surface area contributed by atoms with Crippen LogP contribution in [0, 0.1) is 0 Å². The molecule has 1 aromatic rings. The standard InChI is InChI=1S/C12H17NO2S/c1-14-11-7-9(13)4-5-12(11)16-8-10-3-2-6-15-10/h4-5,7,10H,2-3,6,8,13H2,1H3. The minimum absolute atomic E-state index is 0.396. The molecule has 0 radical (unpaired) electrons. The summed E-state index contributed by atoms with van der Waals surface area (Å²) in [6.07, 6.45) is 2.75. The second-order valence-electron chi connectivity index (χ2n) is 3.86. The molecule has 1 aliphatic heterocycles. The average molecular weight is 239 g/mol. The van der Waals surface area contributed by atoms with E-state index < -0.39 is 0 Å². The van der Waals surface area contributed by atoms with E-state index in [9.17, 15) is 0 Å². The Kier molecular flexibility index (Phi) is 3.96. The summed E-state index contributed by atoms with van der Waals surface area (Å²) in [5.41, 5.74) is 6.44. The third-order valence-corrected chi connectivity index (χ3v) is 3.82. The molecule has 0 aliphatic carbocycles.